The van der Waals surface area contributed by atoms with E-state index in [1.54, 1.807) is 4.44 Å². The van der Waals surface area contributed by atoms with Crippen molar-refractivity contribution in [2.45, 2.75) is 59.8 Å². The maximum absolute atomic E-state index is 2.51. The van der Waals surface area contributed by atoms with E-state index in [1.165, 1.54) is 38.5 Å². The number of rotatable bonds is 7. The standard InChI is InChI=1S/C8H17.2CH3.Sn.H/c1-3-5-7-8-6-4-2;;;;/h1,3-8H2,2H3;2*1H3;;/q;;;;-1. The molecule has 1 radical (unpaired) electrons. The van der Waals surface area contributed by atoms with Crippen molar-refractivity contribution in [1.29, 1.82) is 0 Å². The molecule has 0 fully saturated rings. The Balaban J connectivity index is 0. The first-order valence-corrected chi connectivity index (χ1v) is 12.8. The van der Waals surface area contributed by atoms with Crippen LogP contribution >= 0.6 is 0 Å². The zero-order chi connectivity index (χ0) is 8.53. The summed E-state index contributed by atoms with van der Waals surface area (Å²) in [5.74, 6) is 0. The summed E-state index contributed by atoms with van der Waals surface area (Å²) < 4.78 is 1.62. The molecule has 0 aromatic carbocycles. The maximum Gasteiger partial charge on any atom is -1.00 e. The second-order valence-electron chi connectivity index (χ2n) is 3.72. The summed E-state index contributed by atoms with van der Waals surface area (Å²) in [6.45, 7) is 2.28. The first-order chi connectivity index (χ1) is 5.27. The quantitative estimate of drug-likeness (QED) is 0.476. The molecule has 0 amide bonds. The van der Waals surface area contributed by atoms with Gasteiger partial charge in [-0.15, -0.1) is 0 Å². The number of hydrogen-bond donors (Lipinski definition) is 0. The van der Waals surface area contributed by atoms with E-state index in [2.05, 4.69) is 16.8 Å². The summed E-state index contributed by atoms with van der Waals surface area (Å²) in [7, 11) is 0. The van der Waals surface area contributed by atoms with Crippen LogP contribution in [0.15, 0.2) is 0 Å². The summed E-state index contributed by atoms with van der Waals surface area (Å²) in [4.78, 5) is 5.02. The van der Waals surface area contributed by atoms with E-state index < -0.39 is 19.8 Å². The van der Waals surface area contributed by atoms with Crippen molar-refractivity contribution in [2.75, 3.05) is 0 Å². The summed E-state index contributed by atoms with van der Waals surface area (Å²) in [6.07, 6.45) is 8.83. The van der Waals surface area contributed by atoms with Gasteiger partial charge in [-0.1, -0.05) is 0 Å². The molecule has 0 aliphatic heterocycles. The Labute approximate surface area is 81.0 Å². The van der Waals surface area contributed by atoms with Gasteiger partial charge in [0.05, 0.1) is 0 Å². The summed E-state index contributed by atoms with van der Waals surface area (Å²) in [5, 5.41) is 0. The van der Waals surface area contributed by atoms with Crippen molar-refractivity contribution in [1.82, 2.24) is 0 Å². The molecule has 11 heavy (non-hydrogen) atoms. The minimum Gasteiger partial charge on any atom is -1.00 e. The fourth-order valence-electron chi connectivity index (χ4n) is 1.26. The second-order valence-corrected chi connectivity index (χ2v) is 12.0. The molecule has 0 saturated heterocycles. The van der Waals surface area contributed by atoms with Gasteiger partial charge in [-0.05, 0) is 0 Å². The number of hydrogen-bond acceptors (Lipinski definition) is 0. The molecule has 0 heterocycles. The summed E-state index contributed by atoms with van der Waals surface area (Å²) in [6, 6.07) is 0. The van der Waals surface area contributed by atoms with Crippen LogP contribution in [0.25, 0.3) is 0 Å². The van der Waals surface area contributed by atoms with Crippen LogP contribution in [0.2, 0.25) is 14.3 Å². The van der Waals surface area contributed by atoms with Crippen LogP contribution in [-0.2, 0) is 0 Å². The van der Waals surface area contributed by atoms with Crippen LogP contribution in [-0.4, -0.2) is 19.8 Å². The summed E-state index contributed by atoms with van der Waals surface area (Å²) in [5.41, 5.74) is 0. The molecule has 0 spiro atoms. The van der Waals surface area contributed by atoms with Gasteiger partial charge in [-0.3, -0.25) is 0 Å². The zero-order valence-corrected chi connectivity index (χ0v) is 11.3. The van der Waals surface area contributed by atoms with Crippen LogP contribution in [0.3, 0.4) is 0 Å². The Morgan fingerprint density at radius 2 is 1.45 bits per heavy atom. The topological polar surface area (TPSA) is 0 Å². The van der Waals surface area contributed by atoms with E-state index in [-0.39, 0.29) is 1.43 Å². The molecule has 0 nitrogen and oxygen atoms in total. The number of unbranched alkanes of at least 4 members (excludes halogenated alkanes) is 5. The predicted molar refractivity (Wildman–Crippen MR) is 56.8 cm³/mol. The average Bonchev–Trinajstić information content (AvgIpc) is 1.96. The van der Waals surface area contributed by atoms with Gasteiger partial charge in [-0.25, -0.2) is 0 Å². The molecule has 0 bridgehead atoms. The Morgan fingerprint density at radius 3 is 2.00 bits per heavy atom. The molecule has 0 unspecified atom stereocenters. The predicted octanol–water partition coefficient (Wildman–Crippen LogP) is 4.21. The molecule has 1 heteroatoms. The molecule has 0 N–H and O–H groups in total. The van der Waals surface area contributed by atoms with Gasteiger partial charge < -0.3 is 1.43 Å². The van der Waals surface area contributed by atoms with Crippen molar-refractivity contribution < 1.29 is 1.43 Å². The molecule has 0 aromatic heterocycles. The smallest absolute Gasteiger partial charge is 1.00 e. The molecular weight excluding hydrogens is 239 g/mol. The third-order valence-electron chi connectivity index (χ3n) is 2.03. The SMILES string of the molecule is CCCCCCC[CH2][Sn]([CH3])[CH3].[H-]. The Hall–Kier alpha value is 0.799. The minimum atomic E-state index is -0.701. The maximum atomic E-state index is 2.51. The van der Waals surface area contributed by atoms with E-state index in [4.69, 9.17) is 0 Å². The van der Waals surface area contributed by atoms with Crippen molar-refractivity contribution in [3.8, 4) is 0 Å². The monoisotopic (exact) mass is 264 g/mol. The van der Waals surface area contributed by atoms with Gasteiger partial charge in [0.2, 0.25) is 0 Å². The molecule has 0 aromatic rings. The van der Waals surface area contributed by atoms with Crippen molar-refractivity contribution in [2.24, 2.45) is 0 Å². The summed E-state index contributed by atoms with van der Waals surface area (Å²) >= 11 is -0.701. The van der Waals surface area contributed by atoms with E-state index in [1.807, 2.05) is 0 Å². The molecular formula is C10H24Sn-. The average molecular weight is 263 g/mol. The van der Waals surface area contributed by atoms with Crippen molar-refractivity contribution >= 4 is 19.8 Å². The van der Waals surface area contributed by atoms with Crippen LogP contribution in [0, 0.1) is 0 Å². The van der Waals surface area contributed by atoms with E-state index in [0.29, 0.717) is 0 Å². The first-order valence-electron chi connectivity index (χ1n) is 5.06. The van der Waals surface area contributed by atoms with Gasteiger partial charge in [0.15, 0.2) is 0 Å². The fourth-order valence-corrected chi connectivity index (χ4v) is 3.99. The first kappa shape index (κ1) is 11.8. The Bertz CT molecular complexity index is 74.2. The molecule has 0 rings (SSSR count). The Kier molecular flexibility index (Phi) is 9.54. The fraction of sp³-hybridized carbons (Fsp3) is 1.00. The van der Waals surface area contributed by atoms with Crippen molar-refractivity contribution in [3.63, 3.8) is 0 Å². The largest absolute Gasteiger partial charge is 1.00 e. The molecule has 0 aliphatic carbocycles. The van der Waals surface area contributed by atoms with Crippen LogP contribution in [0.4, 0.5) is 0 Å². The zero-order valence-electron chi connectivity index (χ0n) is 9.45. The van der Waals surface area contributed by atoms with Gasteiger partial charge >= 0.3 is 79.5 Å². The van der Waals surface area contributed by atoms with Gasteiger partial charge in [-0.2, -0.15) is 0 Å². The molecule has 0 atom stereocenters. The minimum absolute atomic E-state index is 0. The van der Waals surface area contributed by atoms with Crippen LogP contribution in [0.5, 0.6) is 0 Å². The molecule has 0 saturated carbocycles. The van der Waals surface area contributed by atoms with Crippen LogP contribution in [0.1, 0.15) is 46.9 Å². The van der Waals surface area contributed by atoms with Gasteiger partial charge in [0, 0.05) is 0 Å². The van der Waals surface area contributed by atoms with Gasteiger partial charge in [0.1, 0.15) is 0 Å². The third-order valence-corrected chi connectivity index (χ3v) is 5.89. The van der Waals surface area contributed by atoms with Crippen LogP contribution < -0.4 is 0 Å². The van der Waals surface area contributed by atoms with E-state index in [9.17, 15) is 0 Å². The molecule has 69 valence electrons. The second kappa shape index (κ2) is 8.89. The van der Waals surface area contributed by atoms with Gasteiger partial charge in [0.25, 0.3) is 0 Å². The van der Waals surface area contributed by atoms with Crippen molar-refractivity contribution in [3.05, 3.63) is 0 Å². The Morgan fingerprint density at radius 1 is 0.909 bits per heavy atom. The van der Waals surface area contributed by atoms with E-state index >= 15 is 0 Å². The molecule has 0 aliphatic rings. The normalized spacial score (nSPS) is 10.9. The van der Waals surface area contributed by atoms with E-state index in [0.717, 1.165) is 0 Å². The third kappa shape index (κ3) is 10.8.